The third kappa shape index (κ3) is 5.22. The predicted molar refractivity (Wildman–Crippen MR) is 108 cm³/mol. The lowest BCUT2D eigenvalue weighted by molar-refractivity contribution is 0.111. The number of nitriles is 1. The Morgan fingerprint density at radius 3 is 2.46 bits per heavy atom. The molecule has 1 aromatic heterocycles. The van der Waals surface area contributed by atoms with E-state index in [1.807, 2.05) is 67.6 Å². The highest BCUT2D eigenvalue weighted by molar-refractivity contribution is 5.81. The summed E-state index contributed by atoms with van der Waals surface area (Å²) in [6.07, 6.45) is 0.625. The Morgan fingerprint density at radius 2 is 1.86 bits per heavy atom. The van der Waals surface area contributed by atoms with Gasteiger partial charge in [0.2, 0.25) is 0 Å². The SMILES string of the molecule is CCOC.N#Cc1c(-c2cccc(OCc3ccccc3)c2)cc(C=O)n1N. The number of ether oxygens (including phenoxy) is 2. The summed E-state index contributed by atoms with van der Waals surface area (Å²) in [6, 6.07) is 20.8. The minimum Gasteiger partial charge on any atom is -0.489 e. The summed E-state index contributed by atoms with van der Waals surface area (Å²) in [5.41, 5.74) is 2.92. The maximum absolute atomic E-state index is 11.0. The van der Waals surface area contributed by atoms with Crippen LogP contribution in [-0.4, -0.2) is 24.7 Å². The van der Waals surface area contributed by atoms with E-state index in [1.165, 1.54) is 0 Å². The number of carbonyl (C=O) groups excluding carboxylic acids is 1. The number of methoxy groups -OCH3 is 1. The van der Waals surface area contributed by atoms with E-state index in [0.29, 0.717) is 24.2 Å². The van der Waals surface area contributed by atoms with Crippen LogP contribution in [0.1, 0.15) is 28.7 Å². The van der Waals surface area contributed by atoms with Crippen molar-refractivity contribution in [2.75, 3.05) is 19.6 Å². The van der Waals surface area contributed by atoms with Crippen molar-refractivity contribution in [2.45, 2.75) is 13.5 Å². The smallest absolute Gasteiger partial charge is 0.168 e. The molecule has 6 nitrogen and oxygen atoms in total. The number of rotatable bonds is 6. The molecule has 0 aliphatic carbocycles. The van der Waals surface area contributed by atoms with Gasteiger partial charge in [-0.15, -0.1) is 0 Å². The first-order chi connectivity index (χ1) is 13.6. The third-order valence-electron chi connectivity index (χ3n) is 3.98. The van der Waals surface area contributed by atoms with Crippen LogP contribution in [0, 0.1) is 11.3 Å². The van der Waals surface area contributed by atoms with Crippen molar-refractivity contribution < 1.29 is 14.3 Å². The lowest BCUT2D eigenvalue weighted by Gasteiger charge is -2.08. The van der Waals surface area contributed by atoms with Gasteiger partial charge in [0.15, 0.2) is 6.29 Å². The normalized spacial score (nSPS) is 9.75. The lowest BCUT2D eigenvalue weighted by atomic mass is 10.1. The quantitative estimate of drug-likeness (QED) is 0.521. The van der Waals surface area contributed by atoms with Crippen LogP contribution in [0.3, 0.4) is 0 Å². The molecule has 144 valence electrons. The van der Waals surface area contributed by atoms with Gasteiger partial charge in [0.25, 0.3) is 0 Å². The van der Waals surface area contributed by atoms with Crippen LogP contribution in [0.25, 0.3) is 11.1 Å². The average Bonchev–Trinajstić information content (AvgIpc) is 3.09. The Hall–Kier alpha value is -3.56. The zero-order chi connectivity index (χ0) is 20.4. The van der Waals surface area contributed by atoms with Gasteiger partial charge in [-0.3, -0.25) is 4.79 Å². The lowest BCUT2D eigenvalue weighted by Crippen LogP contribution is -2.13. The van der Waals surface area contributed by atoms with E-state index in [-0.39, 0.29) is 11.4 Å². The molecule has 3 rings (SSSR count). The van der Waals surface area contributed by atoms with Crippen LogP contribution in [0.15, 0.2) is 60.7 Å². The highest BCUT2D eigenvalue weighted by Gasteiger charge is 2.14. The number of nitrogen functional groups attached to an aromatic ring is 1. The van der Waals surface area contributed by atoms with Gasteiger partial charge in [-0.25, -0.2) is 4.68 Å². The molecule has 0 saturated carbocycles. The minimum atomic E-state index is 0.234. The van der Waals surface area contributed by atoms with E-state index in [4.69, 9.17) is 10.6 Å². The molecule has 0 radical (unpaired) electrons. The number of benzene rings is 2. The fourth-order valence-electron chi connectivity index (χ4n) is 2.46. The summed E-state index contributed by atoms with van der Waals surface area (Å²) in [6.45, 7) is 3.23. The second kappa shape index (κ2) is 10.6. The number of carbonyl (C=O) groups is 1. The summed E-state index contributed by atoms with van der Waals surface area (Å²) >= 11 is 0. The van der Waals surface area contributed by atoms with E-state index in [9.17, 15) is 10.1 Å². The van der Waals surface area contributed by atoms with Crippen molar-refractivity contribution in [1.29, 1.82) is 5.26 Å². The van der Waals surface area contributed by atoms with Gasteiger partial charge in [0.05, 0.1) is 0 Å². The van der Waals surface area contributed by atoms with Crippen molar-refractivity contribution in [2.24, 2.45) is 0 Å². The molecule has 28 heavy (non-hydrogen) atoms. The second-order valence-electron chi connectivity index (χ2n) is 5.81. The van der Waals surface area contributed by atoms with Gasteiger partial charge in [-0.1, -0.05) is 42.5 Å². The third-order valence-corrected chi connectivity index (χ3v) is 3.98. The molecule has 0 amide bonds. The molecule has 0 spiro atoms. The number of hydrogen-bond donors (Lipinski definition) is 1. The highest BCUT2D eigenvalue weighted by atomic mass is 16.5. The number of nitrogens with zero attached hydrogens (tertiary/aromatic N) is 2. The van der Waals surface area contributed by atoms with E-state index < -0.39 is 0 Å². The topological polar surface area (TPSA) is 90.3 Å². The molecule has 0 fully saturated rings. The van der Waals surface area contributed by atoms with Crippen molar-refractivity contribution >= 4 is 6.29 Å². The van der Waals surface area contributed by atoms with Gasteiger partial charge in [-0.05, 0) is 36.2 Å². The molecule has 0 aliphatic heterocycles. The summed E-state index contributed by atoms with van der Waals surface area (Å²) in [7, 11) is 1.68. The van der Waals surface area contributed by atoms with E-state index in [0.717, 1.165) is 22.4 Å². The molecule has 0 atom stereocenters. The minimum absolute atomic E-state index is 0.234. The predicted octanol–water partition coefficient (Wildman–Crippen LogP) is 3.78. The van der Waals surface area contributed by atoms with Crippen LogP contribution < -0.4 is 10.6 Å². The standard InChI is InChI=1S/C19H15N3O2.C3H8O/c20-11-19-18(10-16(12-23)22(19)21)15-7-4-8-17(9-15)24-13-14-5-2-1-3-6-14;1-3-4-2/h1-10,12H,13,21H2;3H2,1-2H3. The molecule has 0 saturated heterocycles. The van der Waals surface area contributed by atoms with Gasteiger partial charge in [-0.2, -0.15) is 5.26 Å². The van der Waals surface area contributed by atoms with Crippen molar-refractivity contribution in [3.8, 4) is 22.9 Å². The summed E-state index contributed by atoms with van der Waals surface area (Å²) in [4.78, 5) is 11.0. The molecule has 0 bridgehead atoms. The zero-order valence-corrected chi connectivity index (χ0v) is 16.0. The molecule has 2 N–H and O–H groups in total. The van der Waals surface area contributed by atoms with Crippen molar-refractivity contribution in [3.63, 3.8) is 0 Å². The molecular weight excluding hydrogens is 354 g/mol. The maximum Gasteiger partial charge on any atom is 0.168 e. The first-order valence-corrected chi connectivity index (χ1v) is 8.76. The van der Waals surface area contributed by atoms with Crippen LogP contribution >= 0.6 is 0 Å². The molecule has 6 heteroatoms. The Morgan fingerprint density at radius 1 is 1.14 bits per heavy atom. The van der Waals surface area contributed by atoms with Crippen LogP contribution in [0.2, 0.25) is 0 Å². The Balaban J connectivity index is 0.000000640. The summed E-state index contributed by atoms with van der Waals surface area (Å²) < 4.78 is 11.4. The fraction of sp³-hybridized carbons (Fsp3) is 0.182. The van der Waals surface area contributed by atoms with Gasteiger partial charge < -0.3 is 15.3 Å². The molecular formula is C22H23N3O3. The van der Waals surface area contributed by atoms with Gasteiger partial charge in [0.1, 0.15) is 29.8 Å². The highest BCUT2D eigenvalue weighted by Crippen LogP contribution is 2.28. The number of aldehydes is 1. The van der Waals surface area contributed by atoms with Crippen LogP contribution in [0.5, 0.6) is 5.75 Å². The molecule has 0 aliphatic rings. The number of nitrogens with two attached hydrogens (primary N) is 1. The molecule has 2 aromatic carbocycles. The van der Waals surface area contributed by atoms with Crippen LogP contribution in [0.4, 0.5) is 0 Å². The Labute approximate surface area is 164 Å². The second-order valence-corrected chi connectivity index (χ2v) is 5.81. The number of hydrogen-bond acceptors (Lipinski definition) is 5. The Kier molecular flexibility index (Phi) is 7.82. The molecule has 1 heterocycles. The average molecular weight is 377 g/mol. The molecule has 3 aromatic rings. The summed E-state index contributed by atoms with van der Waals surface area (Å²) in [5, 5.41) is 9.29. The first kappa shape index (κ1) is 20.7. The zero-order valence-electron chi connectivity index (χ0n) is 16.0. The van der Waals surface area contributed by atoms with Gasteiger partial charge >= 0.3 is 0 Å². The van der Waals surface area contributed by atoms with E-state index in [2.05, 4.69) is 4.74 Å². The molecule has 0 unspecified atom stereocenters. The maximum atomic E-state index is 11.0. The largest absolute Gasteiger partial charge is 0.489 e. The number of aromatic nitrogens is 1. The van der Waals surface area contributed by atoms with Crippen molar-refractivity contribution in [3.05, 3.63) is 77.6 Å². The fourth-order valence-corrected chi connectivity index (χ4v) is 2.46. The van der Waals surface area contributed by atoms with E-state index >= 15 is 0 Å². The summed E-state index contributed by atoms with van der Waals surface area (Å²) in [5.74, 6) is 6.45. The van der Waals surface area contributed by atoms with Crippen molar-refractivity contribution in [1.82, 2.24) is 4.68 Å². The van der Waals surface area contributed by atoms with Crippen LogP contribution in [-0.2, 0) is 11.3 Å². The monoisotopic (exact) mass is 377 g/mol. The first-order valence-electron chi connectivity index (χ1n) is 8.76. The van der Waals surface area contributed by atoms with E-state index in [1.54, 1.807) is 13.2 Å². The van der Waals surface area contributed by atoms with Gasteiger partial charge in [0, 0.05) is 19.3 Å². The Bertz CT molecular complexity index is 941.